The molecule has 4 nitrogen and oxygen atoms in total. The highest BCUT2D eigenvalue weighted by molar-refractivity contribution is 5.80. The quantitative estimate of drug-likeness (QED) is 0.761. The number of rotatable bonds is 8. The first kappa shape index (κ1) is 16.9. The lowest BCUT2D eigenvalue weighted by atomic mass is 10.1. The third-order valence-corrected chi connectivity index (χ3v) is 3.52. The van der Waals surface area contributed by atoms with Crippen molar-refractivity contribution in [1.29, 1.82) is 0 Å². The molecule has 2 aromatic rings. The Labute approximate surface area is 138 Å². The van der Waals surface area contributed by atoms with Crippen molar-refractivity contribution in [3.63, 3.8) is 0 Å². The monoisotopic (exact) mass is 312 g/mol. The third-order valence-electron chi connectivity index (χ3n) is 3.52. The second-order valence-corrected chi connectivity index (χ2v) is 5.60. The first-order valence-electron chi connectivity index (χ1n) is 7.86. The second-order valence-electron chi connectivity index (χ2n) is 5.60. The molecule has 0 saturated heterocycles. The van der Waals surface area contributed by atoms with E-state index in [9.17, 15) is 4.79 Å². The van der Waals surface area contributed by atoms with Crippen LogP contribution in [0.3, 0.4) is 0 Å². The van der Waals surface area contributed by atoms with Crippen molar-refractivity contribution in [2.75, 3.05) is 32.6 Å². The van der Waals surface area contributed by atoms with E-state index >= 15 is 0 Å². The summed E-state index contributed by atoms with van der Waals surface area (Å²) in [7, 11) is 3.49. The van der Waals surface area contributed by atoms with E-state index in [0.29, 0.717) is 13.2 Å². The van der Waals surface area contributed by atoms with E-state index < -0.39 is 0 Å². The molecule has 0 aliphatic rings. The Kier molecular flexibility index (Phi) is 6.48. The smallest absolute Gasteiger partial charge is 0.241 e. The van der Waals surface area contributed by atoms with Gasteiger partial charge in [0.15, 0.2) is 0 Å². The maximum Gasteiger partial charge on any atom is 0.241 e. The number of likely N-dealkylation sites (N-methyl/N-ethyl adjacent to an activating group) is 1. The molecule has 0 radical (unpaired) electrons. The summed E-state index contributed by atoms with van der Waals surface area (Å²) in [6.07, 6.45) is 2.01. The van der Waals surface area contributed by atoms with Gasteiger partial charge >= 0.3 is 0 Å². The number of aryl methyl sites for hydroxylation is 1. The Morgan fingerprint density at radius 2 is 1.74 bits per heavy atom. The highest BCUT2D eigenvalue weighted by atomic mass is 16.5. The van der Waals surface area contributed by atoms with Gasteiger partial charge in [-0.25, -0.2) is 0 Å². The van der Waals surface area contributed by atoms with E-state index in [4.69, 9.17) is 4.74 Å². The standard InChI is InChI=1S/C19H24N2O2/c1-21(2)19(22)15-20-17-10-12-18(13-11-17)23-14-6-9-16-7-4-3-5-8-16/h3-5,7-8,10-13,20H,6,9,14-15H2,1-2H3. The van der Waals surface area contributed by atoms with Gasteiger partial charge in [-0.1, -0.05) is 30.3 Å². The average Bonchev–Trinajstić information content (AvgIpc) is 2.58. The van der Waals surface area contributed by atoms with Gasteiger partial charge < -0.3 is 15.0 Å². The molecule has 0 heterocycles. The molecule has 0 aliphatic carbocycles. The van der Waals surface area contributed by atoms with Gasteiger partial charge in [0.2, 0.25) is 5.91 Å². The van der Waals surface area contributed by atoms with E-state index in [1.54, 1.807) is 19.0 Å². The number of nitrogens with one attached hydrogen (secondary N) is 1. The number of hydrogen-bond donors (Lipinski definition) is 1. The molecule has 23 heavy (non-hydrogen) atoms. The molecule has 1 amide bonds. The van der Waals surface area contributed by atoms with Crippen molar-refractivity contribution in [3.8, 4) is 5.75 Å². The van der Waals surface area contributed by atoms with E-state index in [1.165, 1.54) is 5.56 Å². The maximum atomic E-state index is 11.5. The van der Waals surface area contributed by atoms with Gasteiger partial charge in [0.1, 0.15) is 5.75 Å². The predicted molar refractivity (Wildman–Crippen MR) is 93.9 cm³/mol. The van der Waals surface area contributed by atoms with Crippen molar-refractivity contribution >= 4 is 11.6 Å². The number of amides is 1. The first-order chi connectivity index (χ1) is 11.1. The molecule has 0 bridgehead atoms. The van der Waals surface area contributed by atoms with Crippen molar-refractivity contribution in [2.45, 2.75) is 12.8 Å². The van der Waals surface area contributed by atoms with E-state index in [-0.39, 0.29) is 5.91 Å². The van der Waals surface area contributed by atoms with Gasteiger partial charge in [-0.05, 0) is 42.7 Å². The Morgan fingerprint density at radius 3 is 2.39 bits per heavy atom. The summed E-state index contributed by atoms with van der Waals surface area (Å²) in [6, 6.07) is 18.1. The van der Waals surface area contributed by atoms with Gasteiger partial charge in [0.05, 0.1) is 13.2 Å². The minimum atomic E-state index is 0.0474. The van der Waals surface area contributed by atoms with Crippen LogP contribution in [0.25, 0.3) is 0 Å². The van der Waals surface area contributed by atoms with Crippen LogP contribution >= 0.6 is 0 Å². The average molecular weight is 312 g/mol. The molecule has 2 rings (SSSR count). The Balaban J connectivity index is 1.69. The summed E-state index contributed by atoms with van der Waals surface area (Å²) in [5.74, 6) is 0.897. The number of ether oxygens (including phenoxy) is 1. The Morgan fingerprint density at radius 1 is 1.04 bits per heavy atom. The number of anilines is 1. The minimum Gasteiger partial charge on any atom is -0.494 e. The number of carbonyl (C=O) groups excluding carboxylic acids is 1. The molecule has 122 valence electrons. The zero-order valence-electron chi connectivity index (χ0n) is 13.8. The van der Waals surface area contributed by atoms with E-state index in [2.05, 4.69) is 29.6 Å². The minimum absolute atomic E-state index is 0.0474. The molecule has 0 aliphatic heterocycles. The molecule has 0 spiro atoms. The molecule has 1 N–H and O–H groups in total. The molecule has 2 aromatic carbocycles. The number of hydrogen-bond acceptors (Lipinski definition) is 3. The number of carbonyl (C=O) groups is 1. The normalized spacial score (nSPS) is 10.2. The molecule has 0 saturated carbocycles. The van der Waals surface area contributed by atoms with E-state index in [0.717, 1.165) is 24.3 Å². The second kappa shape index (κ2) is 8.83. The van der Waals surface area contributed by atoms with Crippen LogP contribution in [0.15, 0.2) is 54.6 Å². The summed E-state index contributed by atoms with van der Waals surface area (Å²) >= 11 is 0. The number of benzene rings is 2. The lowest BCUT2D eigenvalue weighted by Crippen LogP contribution is -2.28. The van der Waals surface area contributed by atoms with Crippen LogP contribution in [0.2, 0.25) is 0 Å². The summed E-state index contributed by atoms with van der Waals surface area (Å²) in [5.41, 5.74) is 2.25. The van der Waals surface area contributed by atoms with Crippen LogP contribution < -0.4 is 10.1 Å². The maximum absolute atomic E-state index is 11.5. The lowest BCUT2D eigenvalue weighted by molar-refractivity contribution is -0.126. The largest absolute Gasteiger partial charge is 0.494 e. The summed E-state index contributed by atoms with van der Waals surface area (Å²) in [6.45, 7) is 0.991. The highest BCUT2D eigenvalue weighted by Crippen LogP contribution is 2.16. The first-order valence-corrected chi connectivity index (χ1v) is 7.86. The van der Waals surface area contributed by atoms with Crippen LogP contribution in [0.4, 0.5) is 5.69 Å². The van der Waals surface area contributed by atoms with Crippen molar-refractivity contribution in [1.82, 2.24) is 4.90 Å². The van der Waals surface area contributed by atoms with Gasteiger partial charge in [-0.3, -0.25) is 4.79 Å². The van der Waals surface area contributed by atoms with Crippen LogP contribution in [-0.4, -0.2) is 38.1 Å². The molecule has 0 unspecified atom stereocenters. The molecular formula is C19H24N2O2. The fraction of sp³-hybridized carbons (Fsp3) is 0.316. The molecule has 0 aromatic heterocycles. The summed E-state index contributed by atoms with van der Waals surface area (Å²) in [5, 5.41) is 3.09. The highest BCUT2D eigenvalue weighted by Gasteiger charge is 2.03. The third kappa shape index (κ3) is 6.02. The Bertz CT molecular complexity index is 595. The van der Waals surface area contributed by atoms with Crippen LogP contribution in [0, 0.1) is 0 Å². The van der Waals surface area contributed by atoms with Gasteiger partial charge in [0.25, 0.3) is 0 Å². The number of nitrogens with zero attached hydrogens (tertiary/aromatic N) is 1. The summed E-state index contributed by atoms with van der Waals surface area (Å²) in [4.78, 5) is 13.1. The SMILES string of the molecule is CN(C)C(=O)CNc1ccc(OCCCc2ccccc2)cc1. The fourth-order valence-electron chi connectivity index (χ4n) is 2.12. The van der Waals surface area contributed by atoms with Crippen LogP contribution in [0.5, 0.6) is 5.75 Å². The molecule has 0 atom stereocenters. The van der Waals surface area contributed by atoms with Crippen LogP contribution in [-0.2, 0) is 11.2 Å². The topological polar surface area (TPSA) is 41.6 Å². The Hall–Kier alpha value is -2.49. The molecule has 0 fully saturated rings. The lowest BCUT2D eigenvalue weighted by Gasteiger charge is -2.12. The summed E-state index contributed by atoms with van der Waals surface area (Å²) < 4.78 is 5.74. The molecule has 4 heteroatoms. The van der Waals surface area contributed by atoms with Crippen molar-refractivity contribution in [2.24, 2.45) is 0 Å². The van der Waals surface area contributed by atoms with Crippen molar-refractivity contribution < 1.29 is 9.53 Å². The van der Waals surface area contributed by atoms with E-state index in [1.807, 2.05) is 30.3 Å². The zero-order chi connectivity index (χ0) is 16.5. The van der Waals surface area contributed by atoms with Gasteiger partial charge in [0, 0.05) is 19.8 Å². The van der Waals surface area contributed by atoms with Crippen LogP contribution in [0.1, 0.15) is 12.0 Å². The zero-order valence-corrected chi connectivity index (χ0v) is 13.8. The molecular weight excluding hydrogens is 288 g/mol. The predicted octanol–water partition coefficient (Wildman–Crippen LogP) is 3.20. The van der Waals surface area contributed by atoms with Gasteiger partial charge in [-0.15, -0.1) is 0 Å². The van der Waals surface area contributed by atoms with Crippen molar-refractivity contribution in [3.05, 3.63) is 60.2 Å². The fourth-order valence-corrected chi connectivity index (χ4v) is 2.12. The van der Waals surface area contributed by atoms with Gasteiger partial charge in [-0.2, -0.15) is 0 Å².